The standard InChI is InChI=1S/C20H30N2O2/c1-13-9-14(7-8-18(13)24-3)12-22(2)20(23)17-10-15-5-4-6-16(11-17)19(15)21/h7-9,15-17,19H,4-6,10-12,21H2,1-3H3. The molecule has 1 aromatic rings. The Balaban J connectivity index is 1.63. The van der Waals surface area contributed by atoms with Gasteiger partial charge in [-0.25, -0.2) is 0 Å². The molecule has 2 aliphatic carbocycles. The number of nitrogens with zero attached hydrogens (tertiary/aromatic N) is 1. The summed E-state index contributed by atoms with van der Waals surface area (Å²) in [6, 6.07) is 6.44. The molecule has 4 nitrogen and oxygen atoms in total. The lowest BCUT2D eigenvalue weighted by Gasteiger charge is -2.44. The topological polar surface area (TPSA) is 55.6 Å². The summed E-state index contributed by atoms with van der Waals surface area (Å²) in [7, 11) is 3.61. The molecule has 2 bridgehead atoms. The number of rotatable bonds is 4. The summed E-state index contributed by atoms with van der Waals surface area (Å²) in [6.07, 6.45) is 5.63. The first-order valence-electron chi connectivity index (χ1n) is 9.13. The van der Waals surface area contributed by atoms with Gasteiger partial charge >= 0.3 is 0 Å². The summed E-state index contributed by atoms with van der Waals surface area (Å²) < 4.78 is 5.31. The quantitative estimate of drug-likeness (QED) is 0.923. The SMILES string of the molecule is COc1ccc(CN(C)C(=O)C2CC3CCCC(C2)C3N)cc1C. The van der Waals surface area contributed by atoms with E-state index in [-0.39, 0.29) is 11.8 Å². The summed E-state index contributed by atoms with van der Waals surface area (Å²) in [4.78, 5) is 14.8. The third kappa shape index (κ3) is 3.44. The second-order valence-corrected chi connectivity index (χ2v) is 7.70. The van der Waals surface area contributed by atoms with Crippen molar-refractivity contribution < 1.29 is 9.53 Å². The van der Waals surface area contributed by atoms with Gasteiger partial charge in [-0.05, 0) is 61.6 Å². The van der Waals surface area contributed by atoms with E-state index in [0.717, 1.165) is 29.7 Å². The van der Waals surface area contributed by atoms with Crippen LogP contribution in [0.5, 0.6) is 5.75 Å². The molecule has 0 radical (unpaired) electrons. The molecule has 0 aliphatic heterocycles. The molecule has 2 atom stereocenters. The molecule has 4 heteroatoms. The van der Waals surface area contributed by atoms with Crippen LogP contribution in [0.3, 0.4) is 0 Å². The van der Waals surface area contributed by atoms with Crippen LogP contribution in [0, 0.1) is 24.7 Å². The van der Waals surface area contributed by atoms with Crippen molar-refractivity contribution in [2.75, 3.05) is 14.2 Å². The van der Waals surface area contributed by atoms with Gasteiger partial charge in [0.05, 0.1) is 7.11 Å². The lowest BCUT2D eigenvalue weighted by atomic mass is 9.65. The summed E-state index contributed by atoms with van der Waals surface area (Å²) >= 11 is 0. The van der Waals surface area contributed by atoms with Gasteiger partial charge in [-0.3, -0.25) is 4.79 Å². The molecule has 1 amide bonds. The number of carbonyl (C=O) groups is 1. The van der Waals surface area contributed by atoms with Crippen LogP contribution in [-0.4, -0.2) is 31.0 Å². The fraction of sp³-hybridized carbons (Fsp3) is 0.650. The second-order valence-electron chi connectivity index (χ2n) is 7.70. The average Bonchev–Trinajstić information content (AvgIpc) is 2.54. The van der Waals surface area contributed by atoms with Crippen molar-refractivity contribution in [2.24, 2.45) is 23.5 Å². The first-order valence-corrected chi connectivity index (χ1v) is 9.13. The average molecular weight is 330 g/mol. The fourth-order valence-corrected chi connectivity index (χ4v) is 4.69. The first-order chi connectivity index (χ1) is 11.5. The summed E-state index contributed by atoms with van der Waals surface area (Å²) in [5.41, 5.74) is 8.61. The van der Waals surface area contributed by atoms with Gasteiger partial charge < -0.3 is 15.4 Å². The van der Waals surface area contributed by atoms with Crippen LogP contribution in [0.2, 0.25) is 0 Å². The number of nitrogens with two attached hydrogens (primary N) is 1. The van der Waals surface area contributed by atoms with Crippen LogP contribution in [0.15, 0.2) is 18.2 Å². The van der Waals surface area contributed by atoms with Crippen LogP contribution in [0.1, 0.15) is 43.2 Å². The van der Waals surface area contributed by atoms with Crippen molar-refractivity contribution in [1.82, 2.24) is 4.90 Å². The first kappa shape index (κ1) is 17.3. The minimum absolute atomic E-state index is 0.157. The maximum Gasteiger partial charge on any atom is 0.225 e. The highest BCUT2D eigenvalue weighted by atomic mass is 16.5. The van der Waals surface area contributed by atoms with Crippen molar-refractivity contribution in [3.8, 4) is 5.75 Å². The third-order valence-corrected chi connectivity index (χ3v) is 6.02. The van der Waals surface area contributed by atoms with Gasteiger partial charge in [0.25, 0.3) is 0 Å². The van der Waals surface area contributed by atoms with Gasteiger partial charge in [-0.15, -0.1) is 0 Å². The van der Waals surface area contributed by atoms with Crippen LogP contribution < -0.4 is 10.5 Å². The molecule has 2 saturated carbocycles. The predicted octanol–water partition coefficient (Wildman–Crippen LogP) is 3.12. The van der Waals surface area contributed by atoms with E-state index in [1.807, 2.05) is 31.0 Å². The molecule has 0 spiro atoms. The normalized spacial score (nSPS) is 29.2. The van der Waals surface area contributed by atoms with Crippen LogP contribution in [0.25, 0.3) is 0 Å². The summed E-state index contributed by atoms with van der Waals surface area (Å²) in [5, 5.41) is 0. The molecule has 2 fully saturated rings. The van der Waals surface area contributed by atoms with Crippen LogP contribution in [-0.2, 0) is 11.3 Å². The van der Waals surface area contributed by atoms with Gasteiger partial charge in [0, 0.05) is 25.6 Å². The van der Waals surface area contributed by atoms with Crippen molar-refractivity contribution in [3.05, 3.63) is 29.3 Å². The molecule has 1 aromatic carbocycles. The lowest BCUT2D eigenvalue weighted by Crippen LogP contribution is -2.49. The van der Waals surface area contributed by atoms with Crippen molar-refractivity contribution in [3.63, 3.8) is 0 Å². The number of hydrogen-bond acceptors (Lipinski definition) is 3. The largest absolute Gasteiger partial charge is 0.496 e. The van der Waals surface area contributed by atoms with Gasteiger partial charge in [0.1, 0.15) is 5.75 Å². The number of aryl methyl sites for hydroxylation is 1. The van der Waals surface area contributed by atoms with E-state index in [1.54, 1.807) is 7.11 Å². The number of carbonyl (C=O) groups excluding carboxylic acids is 1. The summed E-state index contributed by atoms with van der Waals surface area (Å²) in [5.74, 6) is 2.42. The molecule has 2 N–H and O–H groups in total. The van der Waals surface area contributed by atoms with E-state index in [9.17, 15) is 4.79 Å². The minimum atomic E-state index is 0.157. The van der Waals surface area contributed by atoms with Crippen molar-refractivity contribution in [2.45, 2.75) is 51.6 Å². The van der Waals surface area contributed by atoms with Crippen LogP contribution >= 0.6 is 0 Å². The molecule has 132 valence electrons. The Kier molecular flexibility index (Phi) is 5.14. The van der Waals surface area contributed by atoms with E-state index in [4.69, 9.17) is 10.5 Å². The zero-order chi connectivity index (χ0) is 17.3. The number of amides is 1. The number of hydrogen-bond donors (Lipinski definition) is 1. The predicted molar refractivity (Wildman–Crippen MR) is 95.7 cm³/mol. The molecular weight excluding hydrogens is 300 g/mol. The maximum absolute atomic E-state index is 12.9. The van der Waals surface area contributed by atoms with E-state index in [1.165, 1.54) is 19.3 Å². The number of fused-ring (bicyclic) bond motifs is 2. The van der Waals surface area contributed by atoms with Crippen LogP contribution in [0.4, 0.5) is 0 Å². The second kappa shape index (κ2) is 7.14. The number of methoxy groups -OCH3 is 1. The van der Waals surface area contributed by atoms with E-state index < -0.39 is 0 Å². The Morgan fingerprint density at radius 2 is 1.96 bits per heavy atom. The zero-order valence-corrected chi connectivity index (χ0v) is 15.1. The Labute approximate surface area is 145 Å². The maximum atomic E-state index is 12.9. The fourth-order valence-electron chi connectivity index (χ4n) is 4.69. The third-order valence-electron chi connectivity index (χ3n) is 6.02. The van der Waals surface area contributed by atoms with E-state index in [2.05, 4.69) is 6.07 Å². The van der Waals surface area contributed by atoms with Gasteiger partial charge in [-0.2, -0.15) is 0 Å². The van der Waals surface area contributed by atoms with E-state index >= 15 is 0 Å². The molecule has 0 heterocycles. The highest BCUT2D eigenvalue weighted by Gasteiger charge is 2.41. The van der Waals surface area contributed by atoms with Gasteiger partial charge in [0.2, 0.25) is 5.91 Å². The molecule has 24 heavy (non-hydrogen) atoms. The smallest absolute Gasteiger partial charge is 0.225 e. The van der Waals surface area contributed by atoms with Gasteiger partial charge in [-0.1, -0.05) is 18.6 Å². The van der Waals surface area contributed by atoms with Crippen molar-refractivity contribution >= 4 is 5.91 Å². The Hall–Kier alpha value is -1.55. The molecule has 3 rings (SSSR count). The number of ether oxygens (including phenoxy) is 1. The van der Waals surface area contributed by atoms with E-state index in [0.29, 0.717) is 24.4 Å². The Morgan fingerprint density at radius 3 is 2.54 bits per heavy atom. The van der Waals surface area contributed by atoms with Crippen molar-refractivity contribution in [1.29, 1.82) is 0 Å². The summed E-state index contributed by atoms with van der Waals surface area (Å²) in [6.45, 7) is 2.69. The zero-order valence-electron chi connectivity index (χ0n) is 15.1. The molecule has 2 aliphatic rings. The molecule has 2 unspecified atom stereocenters. The Bertz CT molecular complexity index is 587. The lowest BCUT2D eigenvalue weighted by molar-refractivity contribution is -0.137. The molecular formula is C20H30N2O2. The molecule has 0 saturated heterocycles. The highest BCUT2D eigenvalue weighted by Crippen LogP contribution is 2.42. The number of benzene rings is 1. The highest BCUT2D eigenvalue weighted by molar-refractivity contribution is 5.78. The minimum Gasteiger partial charge on any atom is -0.496 e. The van der Waals surface area contributed by atoms with Gasteiger partial charge in [0.15, 0.2) is 0 Å². The molecule has 0 aromatic heterocycles. The monoisotopic (exact) mass is 330 g/mol. The Morgan fingerprint density at radius 1 is 1.29 bits per heavy atom.